The number of nitrogens with zero attached hydrogens (tertiary/aromatic N) is 7. The summed E-state index contributed by atoms with van der Waals surface area (Å²) in [5, 5.41) is 4.22. The number of aromatic nitrogens is 6. The van der Waals surface area contributed by atoms with Crippen molar-refractivity contribution in [1.29, 1.82) is 0 Å². The number of H-pyrrole nitrogens is 1. The first-order valence-corrected chi connectivity index (χ1v) is 11.1. The monoisotopic (exact) mass is 453 g/mol. The van der Waals surface area contributed by atoms with Crippen LogP contribution in [0.5, 0.6) is 0 Å². The van der Waals surface area contributed by atoms with Crippen molar-refractivity contribution < 1.29 is 14.3 Å². The van der Waals surface area contributed by atoms with E-state index in [9.17, 15) is 9.59 Å². The van der Waals surface area contributed by atoms with Crippen LogP contribution in [0.2, 0.25) is 0 Å². The van der Waals surface area contributed by atoms with E-state index in [1.54, 1.807) is 15.8 Å². The van der Waals surface area contributed by atoms with Gasteiger partial charge >= 0.3 is 0 Å². The largest absolute Gasteiger partial charge is 0.378 e. The number of hydrogen-bond donors (Lipinski definition) is 2. The van der Waals surface area contributed by atoms with Crippen LogP contribution in [0.1, 0.15) is 29.9 Å². The smallest absolute Gasteiger partial charge is 0.289 e. The summed E-state index contributed by atoms with van der Waals surface area (Å²) in [6.07, 6.45) is 5.42. The van der Waals surface area contributed by atoms with Gasteiger partial charge in [0.25, 0.3) is 5.91 Å². The van der Waals surface area contributed by atoms with E-state index in [-0.39, 0.29) is 23.6 Å². The quantitative estimate of drug-likeness (QED) is 0.561. The van der Waals surface area contributed by atoms with Crippen molar-refractivity contribution in [1.82, 2.24) is 34.6 Å². The minimum Gasteiger partial charge on any atom is -0.378 e. The number of nitrogens with one attached hydrogen (secondary N) is 1. The standard InChI is InChI=1S/C21H27N9O3/c1-28-12-14(11-23-28)17-25-18-16(20(27-17)29-6-8-33-9-7-29)24-19(26-18)21(32)30-4-2-13(3-5-30)10-15(22)31/h11-13H,2-10H2,1H3,(H2,22,31)(H,24,25,26,27). The van der Waals surface area contributed by atoms with Crippen LogP contribution in [-0.2, 0) is 16.6 Å². The Bertz CT molecular complexity index is 1170. The molecule has 5 rings (SSSR count). The SMILES string of the molecule is Cn1cc(-c2nc(N3CCOCC3)c3nc(C(=O)N4CCC(CC(N)=O)CC4)[nH]c3n2)cn1. The molecule has 0 aromatic carbocycles. The second-order valence-corrected chi connectivity index (χ2v) is 8.56. The molecule has 2 aliphatic rings. The van der Waals surface area contributed by atoms with E-state index in [4.69, 9.17) is 15.5 Å². The number of carbonyl (C=O) groups is 2. The summed E-state index contributed by atoms with van der Waals surface area (Å²) >= 11 is 0. The Morgan fingerprint density at radius 1 is 1.15 bits per heavy atom. The van der Waals surface area contributed by atoms with Crippen molar-refractivity contribution in [2.75, 3.05) is 44.3 Å². The van der Waals surface area contributed by atoms with E-state index in [2.05, 4.69) is 25.0 Å². The molecule has 0 spiro atoms. The summed E-state index contributed by atoms with van der Waals surface area (Å²) in [5.41, 5.74) is 7.18. The van der Waals surface area contributed by atoms with E-state index >= 15 is 0 Å². The average molecular weight is 454 g/mol. The molecule has 0 unspecified atom stereocenters. The van der Waals surface area contributed by atoms with Crippen molar-refractivity contribution >= 4 is 28.8 Å². The number of anilines is 1. The van der Waals surface area contributed by atoms with Gasteiger partial charge in [-0.05, 0) is 18.8 Å². The number of piperidine rings is 1. The molecule has 174 valence electrons. The lowest BCUT2D eigenvalue weighted by Gasteiger charge is -2.30. The second kappa shape index (κ2) is 8.77. The minimum absolute atomic E-state index is 0.179. The molecule has 0 saturated carbocycles. The predicted molar refractivity (Wildman–Crippen MR) is 119 cm³/mol. The predicted octanol–water partition coefficient (Wildman–Crippen LogP) is 0.318. The number of nitrogens with two attached hydrogens (primary N) is 1. The molecule has 0 bridgehead atoms. The molecular formula is C21H27N9O3. The highest BCUT2D eigenvalue weighted by molar-refractivity contribution is 5.96. The fourth-order valence-corrected chi connectivity index (χ4v) is 4.42. The normalized spacial score (nSPS) is 17.6. The van der Waals surface area contributed by atoms with Crippen LogP contribution < -0.4 is 10.6 Å². The van der Waals surface area contributed by atoms with Gasteiger partial charge in [-0.1, -0.05) is 0 Å². The minimum atomic E-state index is -0.296. The number of amides is 2. The molecule has 0 atom stereocenters. The van der Waals surface area contributed by atoms with Gasteiger partial charge in [0.1, 0.15) is 0 Å². The number of primary amides is 1. The molecule has 3 aromatic rings. The lowest BCUT2D eigenvalue weighted by Crippen LogP contribution is -2.39. The average Bonchev–Trinajstić information content (AvgIpc) is 3.45. The number of aromatic amines is 1. The number of aryl methyl sites for hydroxylation is 1. The van der Waals surface area contributed by atoms with Crippen LogP contribution in [0.4, 0.5) is 5.82 Å². The molecule has 0 radical (unpaired) electrons. The zero-order valence-corrected chi connectivity index (χ0v) is 18.5. The Kier molecular flexibility index (Phi) is 5.67. The first kappa shape index (κ1) is 21.3. The van der Waals surface area contributed by atoms with Crippen molar-refractivity contribution in [2.45, 2.75) is 19.3 Å². The lowest BCUT2D eigenvalue weighted by atomic mass is 9.93. The second-order valence-electron chi connectivity index (χ2n) is 8.56. The third-order valence-electron chi connectivity index (χ3n) is 6.19. The molecule has 5 heterocycles. The van der Waals surface area contributed by atoms with Crippen LogP contribution in [-0.4, -0.2) is 85.8 Å². The van der Waals surface area contributed by atoms with Gasteiger partial charge < -0.3 is 25.3 Å². The lowest BCUT2D eigenvalue weighted by molar-refractivity contribution is -0.119. The number of fused-ring (bicyclic) bond motifs is 1. The fraction of sp³-hybridized carbons (Fsp3) is 0.524. The van der Waals surface area contributed by atoms with Crippen LogP contribution in [0.3, 0.4) is 0 Å². The summed E-state index contributed by atoms with van der Waals surface area (Å²) < 4.78 is 7.19. The molecule has 2 amide bonds. The van der Waals surface area contributed by atoms with E-state index in [1.165, 1.54) is 0 Å². The van der Waals surface area contributed by atoms with Crippen molar-refractivity contribution in [3.05, 3.63) is 18.2 Å². The molecule has 3 aromatic heterocycles. The summed E-state index contributed by atoms with van der Waals surface area (Å²) in [5.74, 6) is 1.19. The number of rotatable bonds is 5. The van der Waals surface area contributed by atoms with Gasteiger partial charge in [0.15, 0.2) is 28.6 Å². The third kappa shape index (κ3) is 4.38. The zero-order valence-electron chi connectivity index (χ0n) is 18.5. The topological polar surface area (TPSA) is 148 Å². The molecule has 12 heteroatoms. The maximum atomic E-state index is 13.2. The number of carbonyl (C=O) groups excluding carboxylic acids is 2. The fourth-order valence-electron chi connectivity index (χ4n) is 4.42. The van der Waals surface area contributed by atoms with E-state index < -0.39 is 0 Å². The maximum absolute atomic E-state index is 13.2. The number of likely N-dealkylation sites (tertiary alicyclic amines) is 1. The summed E-state index contributed by atoms with van der Waals surface area (Å²) in [4.78, 5) is 45.4. The van der Waals surface area contributed by atoms with Gasteiger partial charge in [-0.3, -0.25) is 14.3 Å². The highest BCUT2D eigenvalue weighted by Crippen LogP contribution is 2.28. The highest BCUT2D eigenvalue weighted by Gasteiger charge is 2.28. The Hall–Kier alpha value is -3.54. The molecule has 33 heavy (non-hydrogen) atoms. The van der Waals surface area contributed by atoms with Gasteiger partial charge in [0.2, 0.25) is 5.91 Å². The number of ether oxygens (including phenoxy) is 1. The molecular weight excluding hydrogens is 426 g/mol. The van der Waals surface area contributed by atoms with Crippen molar-refractivity contribution in [2.24, 2.45) is 18.7 Å². The number of imidazole rings is 1. The van der Waals surface area contributed by atoms with Crippen LogP contribution in [0.25, 0.3) is 22.6 Å². The van der Waals surface area contributed by atoms with Crippen molar-refractivity contribution in [3.63, 3.8) is 0 Å². The molecule has 2 saturated heterocycles. The Labute approximate surface area is 190 Å². The number of hydrogen-bond acceptors (Lipinski definition) is 8. The number of morpholine rings is 1. The van der Waals surface area contributed by atoms with Gasteiger partial charge in [0.05, 0.1) is 25.0 Å². The summed E-state index contributed by atoms with van der Waals surface area (Å²) in [7, 11) is 1.84. The molecule has 0 aliphatic carbocycles. The van der Waals surface area contributed by atoms with Crippen LogP contribution in [0, 0.1) is 5.92 Å². The van der Waals surface area contributed by atoms with E-state index in [0.29, 0.717) is 68.6 Å². The molecule has 12 nitrogen and oxygen atoms in total. The van der Waals surface area contributed by atoms with Gasteiger partial charge in [-0.25, -0.2) is 15.0 Å². The maximum Gasteiger partial charge on any atom is 0.289 e. The van der Waals surface area contributed by atoms with Crippen LogP contribution >= 0.6 is 0 Å². The van der Waals surface area contributed by atoms with Crippen molar-refractivity contribution in [3.8, 4) is 11.4 Å². The van der Waals surface area contributed by atoms with Gasteiger partial charge in [0, 0.05) is 45.8 Å². The van der Waals surface area contributed by atoms with Gasteiger partial charge in [-0.15, -0.1) is 0 Å². The summed E-state index contributed by atoms with van der Waals surface area (Å²) in [6, 6.07) is 0. The Balaban J connectivity index is 1.46. The van der Waals surface area contributed by atoms with Crippen LogP contribution in [0.15, 0.2) is 12.4 Å². The Morgan fingerprint density at radius 2 is 1.91 bits per heavy atom. The van der Waals surface area contributed by atoms with E-state index in [0.717, 1.165) is 18.4 Å². The van der Waals surface area contributed by atoms with Gasteiger partial charge in [-0.2, -0.15) is 5.10 Å². The first-order valence-electron chi connectivity index (χ1n) is 11.1. The zero-order chi connectivity index (χ0) is 22.9. The van der Waals surface area contributed by atoms with E-state index in [1.807, 2.05) is 13.2 Å². The molecule has 3 N–H and O–H groups in total. The molecule has 2 fully saturated rings. The highest BCUT2D eigenvalue weighted by atomic mass is 16.5. The molecule has 2 aliphatic heterocycles. The third-order valence-corrected chi connectivity index (χ3v) is 6.19. The Morgan fingerprint density at radius 3 is 2.58 bits per heavy atom. The summed E-state index contributed by atoms with van der Waals surface area (Å²) in [6.45, 7) is 3.70. The first-order chi connectivity index (χ1) is 16.0.